The van der Waals surface area contributed by atoms with Gasteiger partial charge in [0, 0.05) is 6.04 Å². The molecule has 1 aliphatic rings. The number of rotatable bonds is 3. The van der Waals surface area contributed by atoms with Crippen molar-refractivity contribution in [3.05, 3.63) is 29.8 Å². The van der Waals surface area contributed by atoms with Crippen molar-refractivity contribution in [2.75, 3.05) is 13.2 Å². The molecular weight excluding hydrogens is 226 g/mol. The summed E-state index contributed by atoms with van der Waals surface area (Å²) in [5.74, 6) is 0. The molecule has 0 saturated carbocycles. The third-order valence-corrected chi connectivity index (χ3v) is 4.86. The lowest BCUT2D eigenvalue weighted by Gasteiger charge is -2.25. The van der Waals surface area contributed by atoms with Gasteiger partial charge in [-0.3, -0.25) is 0 Å². The van der Waals surface area contributed by atoms with Gasteiger partial charge in [-0.05, 0) is 24.6 Å². The van der Waals surface area contributed by atoms with Crippen LogP contribution in [0, 0.1) is 0 Å². The molecule has 88 valence electrons. The molecule has 1 atom stereocenters. The predicted octanol–water partition coefficient (Wildman–Crippen LogP) is 0.879. The molecule has 0 spiro atoms. The highest BCUT2D eigenvalue weighted by atomic mass is 32.2. The monoisotopic (exact) mass is 241 g/mol. The van der Waals surface area contributed by atoms with E-state index in [0.717, 1.165) is 5.56 Å². The molecule has 0 bridgehead atoms. The SMILES string of the molecule is CC(N)c1ccc(S(=O)(=O)C2COC2)cc1. The lowest BCUT2D eigenvalue weighted by Crippen LogP contribution is -2.40. The van der Waals surface area contributed by atoms with E-state index in [0.29, 0.717) is 18.1 Å². The zero-order valence-electron chi connectivity index (χ0n) is 9.09. The van der Waals surface area contributed by atoms with E-state index in [-0.39, 0.29) is 11.3 Å². The molecule has 2 N–H and O–H groups in total. The Balaban J connectivity index is 2.27. The van der Waals surface area contributed by atoms with Crippen LogP contribution in [0.5, 0.6) is 0 Å². The van der Waals surface area contributed by atoms with E-state index < -0.39 is 9.84 Å². The molecule has 1 heterocycles. The molecule has 1 aliphatic heterocycles. The second-order valence-electron chi connectivity index (χ2n) is 4.06. The summed E-state index contributed by atoms with van der Waals surface area (Å²) in [6.45, 7) is 2.47. The third kappa shape index (κ3) is 1.98. The van der Waals surface area contributed by atoms with Crippen LogP contribution >= 0.6 is 0 Å². The zero-order valence-corrected chi connectivity index (χ0v) is 9.91. The van der Waals surface area contributed by atoms with Crippen LogP contribution in [0.1, 0.15) is 18.5 Å². The quantitative estimate of drug-likeness (QED) is 0.853. The van der Waals surface area contributed by atoms with Crippen molar-refractivity contribution >= 4 is 9.84 Å². The fraction of sp³-hybridized carbons (Fsp3) is 0.455. The second kappa shape index (κ2) is 4.16. The average Bonchev–Trinajstić information content (AvgIpc) is 2.14. The maximum Gasteiger partial charge on any atom is 0.185 e. The standard InChI is InChI=1S/C11H15NO3S/c1-8(12)9-2-4-10(5-3-9)16(13,14)11-6-15-7-11/h2-5,8,11H,6-7,12H2,1H3. The van der Waals surface area contributed by atoms with Crippen LogP contribution in [0.2, 0.25) is 0 Å². The summed E-state index contributed by atoms with van der Waals surface area (Å²) in [7, 11) is -3.21. The van der Waals surface area contributed by atoms with Crippen LogP contribution in [-0.4, -0.2) is 26.9 Å². The average molecular weight is 241 g/mol. The highest BCUT2D eigenvalue weighted by Crippen LogP contribution is 2.22. The topological polar surface area (TPSA) is 69.4 Å². The molecule has 1 unspecified atom stereocenters. The molecule has 0 aromatic heterocycles. The first-order valence-corrected chi connectivity index (χ1v) is 6.73. The normalized spacial score (nSPS) is 19.1. The van der Waals surface area contributed by atoms with E-state index in [9.17, 15) is 8.42 Å². The second-order valence-corrected chi connectivity index (χ2v) is 6.29. The molecule has 5 heteroatoms. The van der Waals surface area contributed by atoms with Crippen LogP contribution in [0.3, 0.4) is 0 Å². The van der Waals surface area contributed by atoms with E-state index in [1.165, 1.54) is 0 Å². The minimum absolute atomic E-state index is 0.0798. The van der Waals surface area contributed by atoms with Crippen molar-refractivity contribution in [2.45, 2.75) is 23.1 Å². The Labute approximate surface area is 95.3 Å². The van der Waals surface area contributed by atoms with Crippen LogP contribution in [0.4, 0.5) is 0 Å². The summed E-state index contributed by atoms with van der Waals surface area (Å²) in [6.07, 6.45) is 0. The Morgan fingerprint density at radius 2 is 1.88 bits per heavy atom. The minimum atomic E-state index is -3.21. The summed E-state index contributed by atoms with van der Waals surface area (Å²) in [6, 6.07) is 6.68. The van der Waals surface area contributed by atoms with Crippen LogP contribution in [0.15, 0.2) is 29.2 Å². The molecule has 1 saturated heterocycles. The van der Waals surface area contributed by atoms with Gasteiger partial charge in [0.05, 0.1) is 18.1 Å². The first kappa shape index (κ1) is 11.6. The van der Waals surface area contributed by atoms with Gasteiger partial charge in [0.1, 0.15) is 5.25 Å². The van der Waals surface area contributed by atoms with Crippen LogP contribution in [0.25, 0.3) is 0 Å². The first-order chi connectivity index (χ1) is 7.51. The summed E-state index contributed by atoms with van der Waals surface area (Å²) < 4.78 is 28.9. The summed E-state index contributed by atoms with van der Waals surface area (Å²) in [4.78, 5) is 0.352. The van der Waals surface area contributed by atoms with E-state index >= 15 is 0 Å². The fourth-order valence-corrected chi connectivity index (χ4v) is 3.00. The molecule has 2 rings (SSSR count). The number of hydrogen-bond donors (Lipinski definition) is 1. The van der Waals surface area contributed by atoms with E-state index in [1.54, 1.807) is 24.3 Å². The Hall–Kier alpha value is -0.910. The number of benzene rings is 1. The number of hydrogen-bond acceptors (Lipinski definition) is 4. The lowest BCUT2D eigenvalue weighted by atomic mass is 10.1. The van der Waals surface area contributed by atoms with Gasteiger partial charge in [-0.2, -0.15) is 0 Å². The fourth-order valence-electron chi connectivity index (χ4n) is 1.55. The van der Waals surface area contributed by atoms with Gasteiger partial charge >= 0.3 is 0 Å². The molecule has 1 fully saturated rings. The van der Waals surface area contributed by atoms with E-state index in [4.69, 9.17) is 10.5 Å². The molecule has 0 amide bonds. The van der Waals surface area contributed by atoms with Gasteiger partial charge in [-0.25, -0.2) is 8.42 Å². The predicted molar refractivity (Wildman–Crippen MR) is 60.8 cm³/mol. The molecular formula is C11H15NO3S. The van der Waals surface area contributed by atoms with Crippen LogP contribution < -0.4 is 5.73 Å². The van der Waals surface area contributed by atoms with Gasteiger partial charge in [0.2, 0.25) is 0 Å². The Morgan fingerprint density at radius 1 is 1.31 bits per heavy atom. The van der Waals surface area contributed by atoms with Gasteiger partial charge < -0.3 is 10.5 Å². The molecule has 1 aromatic rings. The van der Waals surface area contributed by atoms with Gasteiger partial charge in [-0.1, -0.05) is 12.1 Å². The molecule has 0 aliphatic carbocycles. The Morgan fingerprint density at radius 3 is 2.25 bits per heavy atom. The lowest BCUT2D eigenvalue weighted by molar-refractivity contribution is 0.0416. The maximum absolute atomic E-state index is 12.0. The van der Waals surface area contributed by atoms with Crippen molar-refractivity contribution in [3.8, 4) is 0 Å². The Kier molecular flexibility index (Phi) is 3.01. The summed E-state index contributed by atoms with van der Waals surface area (Å²) in [5.41, 5.74) is 6.63. The van der Waals surface area contributed by atoms with E-state index in [1.807, 2.05) is 6.92 Å². The van der Waals surface area contributed by atoms with Crippen molar-refractivity contribution < 1.29 is 13.2 Å². The Bertz CT molecular complexity index is 461. The van der Waals surface area contributed by atoms with Gasteiger partial charge in [0.25, 0.3) is 0 Å². The number of ether oxygens (including phenoxy) is 1. The summed E-state index contributed by atoms with van der Waals surface area (Å²) in [5, 5.41) is -0.381. The highest BCUT2D eigenvalue weighted by molar-refractivity contribution is 7.92. The smallest absolute Gasteiger partial charge is 0.185 e. The maximum atomic E-state index is 12.0. The largest absolute Gasteiger partial charge is 0.379 e. The molecule has 0 radical (unpaired) electrons. The third-order valence-electron chi connectivity index (χ3n) is 2.78. The zero-order chi connectivity index (χ0) is 11.8. The first-order valence-electron chi connectivity index (χ1n) is 5.19. The minimum Gasteiger partial charge on any atom is -0.379 e. The van der Waals surface area contributed by atoms with E-state index in [2.05, 4.69) is 0 Å². The van der Waals surface area contributed by atoms with Crippen molar-refractivity contribution in [3.63, 3.8) is 0 Å². The molecule has 1 aromatic carbocycles. The van der Waals surface area contributed by atoms with Gasteiger partial charge in [0.15, 0.2) is 9.84 Å². The van der Waals surface area contributed by atoms with Crippen molar-refractivity contribution in [1.82, 2.24) is 0 Å². The van der Waals surface area contributed by atoms with Crippen LogP contribution in [-0.2, 0) is 14.6 Å². The number of nitrogens with two attached hydrogens (primary N) is 1. The van der Waals surface area contributed by atoms with Gasteiger partial charge in [-0.15, -0.1) is 0 Å². The summed E-state index contributed by atoms with van der Waals surface area (Å²) >= 11 is 0. The molecule has 4 nitrogen and oxygen atoms in total. The highest BCUT2D eigenvalue weighted by Gasteiger charge is 2.33. The van der Waals surface area contributed by atoms with Crippen molar-refractivity contribution in [2.24, 2.45) is 5.73 Å². The number of sulfone groups is 1. The van der Waals surface area contributed by atoms with Crippen molar-refractivity contribution in [1.29, 1.82) is 0 Å². The molecule has 16 heavy (non-hydrogen) atoms.